The fourth-order valence-electron chi connectivity index (χ4n) is 4.17. The lowest BCUT2D eigenvalue weighted by Crippen LogP contribution is -2.44. The Bertz CT molecular complexity index is 794. The van der Waals surface area contributed by atoms with Crippen molar-refractivity contribution in [3.8, 4) is 0 Å². The number of methoxy groups -OCH3 is 1. The van der Waals surface area contributed by atoms with E-state index in [0.29, 0.717) is 56.1 Å². The number of ketones is 1. The lowest BCUT2D eigenvalue weighted by molar-refractivity contribution is -0.131. The Labute approximate surface area is 185 Å². The van der Waals surface area contributed by atoms with Gasteiger partial charge >= 0.3 is 5.97 Å². The SMILES string of the molecule is CCn1c(C)c(C(=O)CN(CCN2CCOCC2)C(=O)CC(C)C)c(C)c1C(=O)OC. The molecular formula is C23H37N3O5. The first-order chi connectivity index (χ1) is 14.7. The molecule has 0 spiro atoms. The summed E-state index contributed by atoms with van der Waals surface area (Å²) in [6.07, 6.45) is 0.401. The van der Waals surface area contributed by atoms with Gasteiger partial charge in [0, 0.05) is 50.4 Å². The molecule has 1 amide bonds. The van der Waals surface area contributed by atoms with Crippen LogP contribution in [0.3, 0.4) is 0 Å². The van der Waals surface area contributed by atoms with E-state index in [-0.39, 0.29) is 24.2 Å². The number of esters is 1. The molecule has 31 heavy (non-hydrogen) atoms. The minimum atomic E-state index is -0.457. The Hall–Kier alpha value is -2.19. The van der Waals surface area contributed by atoms with Crippen LogP contribution >= 0.6 is 0 Å². The van der Waals surface area contributed by atoms with Crippen LogP contribution in [0, 0.1) is 19.8 Å². The summed E-state index contributed by atoms with van der Waals surface area (Å²) in [6, 6.07) is 0. The van der Waals surface area contributed by atoms with Gasteiger partial charge in [-0.1, -0.05) is 13.8 Å². The van der Waals surface area contributed by atoms with Crippen molar-refractivity contribution in [3.05, 3.63) is 22.5 Å². The predicted molar refractivity (Wildman–Crippen MR) is 119 cm³/mol. The summed E-state index contributed by atoms with van der Waals surface area (Å²) in [5.41, 5.74) is 2.26. The summed E-state index contributed by atoms with van der Waals surface area (Å²) >= 11 is 0. The zero-order valence-corrected chi connectivity index (χ0v) is 19.8. The van der Waals surface area contributed by atoms with E-state index in [1.165, 1.54) is 7.11 Å². The molecule has 0 saturated carbocycles. The van der Waals surface area contributed by atoms with Crippen molar-refractivity contribution in [2.45, 2.75) is 47.6 Å². The Morgan fingerprint density at radius 2 is 1.81 bits per heavy atom. The Morgan fingerprint density at radius 1 is 1.16 bits per heavy atom. The van der Waals surface area contributed by atoms with E-state index in [4.69, 9.17) is 9.47 Å². The maximum atomic E-state index is 13.3. The smallest absolute Gasteiger partial charge is 0.354 e. The number of Topliss-reactive ketones (excluding diaryl/α,β-unsaturated/α-hetero) is 1. The Kier molecular flexibility index (Phi) is 9.25. The number of carbonyl (C=O) groups excluding carboxylic acids is 3. The molecule has 0 radical (unpaired) electrons. The maximum Gasteiger partial charge on any atom is 0.354 e. The molecule has 0 N–H and O–H groups in total. The third-order valence-corrected chi connectivity index (χ3v) is 5.80. The van der Waals surface area contributed by atoms with Gasteiger partial charge in [0.25, 0.3) is 0 Å². The fraction of sp³-hybridized carbons (Fsp3) is 0.696. The number of amides is 1. The summed E-state index contributed by atoms with van der Waals surface area (Å²) in [4.78, 5) is 42.4. The Morgan fingerprint density at radius 3 is 2.35 bits per heavy atom. The maximum absolute atomic E-state index is 13.3. The van der Waals surface area contributed by atoms with Gasteiger partial charge in [-0.3, -0.25) is 14.5 Å². The van der Waals surface area contributed by atoms with Crippen molar-refractivity contribution in [2.75, 3.05) is 53.0 Å². The predicted octanol–water partition coefficient (Wildman–Crippen LogP) is 2.30. The van der Waals surface area contributed by atoms with Crippen LogP contribution in [-0.4, -0.2) is 85.1 Å². The highest BCUT2D eigenvalue weighted by Crippen LogP contribution is 2.24. The van der Waals surface area contributed by atoms with Gasteiger partial charge in [0.1, 0.15) is 5.69 Å². The van der Waals surface area contributed by atoms with E-state index in [1.807, 2.05) is 32.3 Å². The molecule has 1 aromatic rings. The van der Waals surface area contributed by atoms with Gasteiger partial charge in [-0.05, 0) is 32.3 Å². The van der Waals surface area contributed by atoms with Gasteiger partial charge in [0.15, 0.2) is 5.78 Å². The van der Waals surface area contributed by atoms with Crippen molar-refractivity contribution in [1.29, 1.82) is 0 Å². The van der Waals surface area contributed by atoms with Gasteiger partial charge in [-0.15, -0.1) is 0 Å². The molecule has 1 saturated heterocycles. The van der Waals surface area contributed by atoms with E-state index >= 15 is 0 Å². The zero-order valence-electron chi connectivity index (χ0n) is 19.8. The summed E-state index contributed by atoms with van der Waals surface area (Å²) in [7, 11) is 1.34. The molecule has 0 unspecified atom stereocenters. The third-order valence-electron chi connectivity index (χ3n) is 5.80. The number of rotatable bonds is 10. The van der Waals surface area contributed by atoms with Crippen LogP contribution < -0.4 is 0 Å². The second kappa shape index (κ2) is 11.4. The zero-order chi connectivity index (χ0) is 23.1. The first-order valence-electron chi connectivity index (χ1n) is 11.1. The highest BCUT2D eigenvalue weighted by atomic mass is 16.5. The molecule has 1 aliphatic rings. The first-order valence-corrected chi connectivity index (χ1v) is 11.1. The van der Waals surface area contributed by atoms with E-state index in [2.05, 4.69) is 4.90 Å². The van der Waals surface area contributed by atoms with Crippen LogP contribution in [0.4, 0.5) is 0 Å². The molecule has 8 nitrogen and oxygen atoms in total. The molecule has 1 aromatic heterocycles. The molecule has 0 bridgehead atoms. The van der Waals surface area contributed by atoms with E-state index in [9.17, 15) is 14.4 Å². The molecule has 1 fully saturated rings. The van der Waals surface area contributed by atoms with Crippen molar-refractivity contribution in [2.24, 2.45) is 5.92 Å². The lowest BCUT2D eigenvalue weighted by atomic mass is 10.0. The average molecular weight is 436 g/mol. The van der Waals surface area contributed by atoms with Crippen molar-refractivity contribution >= 4 is 17.7 Å². The number of carbonyl (C=O) groups is 3. The molecule has 0 atom stereocenters. The normalized spacial score (nSPS) is 14.7. The molecule has 2 rings (SSSR count). The van der Waals surface area contributed by atoms with Gasteiger partial charge in [-0.25, -0.2) is 4.79 Å². The molecule has 2 heterocycles. The van der Waals surface area contributed by atoms with Gasteiger partial charge in [0.05, 0.1) is 26.9 Å². The van der Waals surface area contributed by atoms with Crippen LogP contribution in [0.5, 0.6) is 0 Å². The van der Waals surface area contributed by atoms with Crippen LogP contribution in [-0.2, 0) is 20.8 Å². The summed E-state index contributed by atoms with van der Waals surface area (Å²) in [5, 5.41) is 0. The highest BCUT2D eigenvalue weighted by molar-refractivity contribution is 6.04. The quantitative estimate of drug-likeness (QED) is 0.414. The topological polar surface area (TPSA) is 81.1 Å². The van der Waals surface area contributed by atoms with Gasteiger partial charge < -0.3 is 18.9 Å². The fourth-order valence-corrected chi connectivity index (χ4v) is 4.17. The largest absolute Gasteiger partial charge is 0.464 e. The minimum absolute atomic E-state index is 0.00587. The summed E-state index contributed by atoms with van der Waals surface area (Å²) in [6.45, 7) is 14.3. The second-order valence-electron chi connectivity index (χ2n) is 8.46. The summed E-state index contributed by atoms with van der Waals surface area (Å²) < 4.78 is 12.1. The average Bonchev–Trinajstić information content (AvgIpc) is 2.99. The second-order valence-corrected chi connectivity index (χ2v) is 8.46. The first kappa shape index (κ1) is 25.1. The summed E-state index contributed by atoms with van der Waals surface area (Å²) in [5.74, 6) is -0.410. The monoisotopic (exact) mass is 435 g/mol. The van der Waals surface area contributed by atoms with E-state index in [1.54, 1.807) is 11.8 Å². The van der Waals surface area contributed by atoms with Crippen LogP contribution in [0.1, 0.15) is 59.3 Å². The number of aromatic nitrogens is 1. The van der Waals surface area contributed by atoms with Crippen molar-refractivity contribution in [3.63, 3.8) is 0 Å². The number of hydrogen-bond donors (Lipinski definition) is 0. The standard InChI is InChI=1S/C23H37N3O5/c1-7-26-18(5)21(17(4)22(26)23(29)30-6)19(27)15-25(20(28)14-16(2)3)9-8-24-10-12-31-13-11-24/h16H,7-15H2,1-6H3. The molecule has 0 aromatic carbocycles. The van der Waals surface area contributed by atoms with Crippen LogP contribution in [0.25, 0.3) is 0 Å². The van der Waals surface area contributed by atoms with Gasteiger partial charge in [-0.2, -0.15) is 0 Å². The minimum Gasteiger partial charge on any atom is -0.464 e. The van der Waals surface area contributed by atoms with Gasteiger partial charge in [0.2, 0.25) is 5.91 Å². The van der Waals surface area contributed by atoms with Crippen LogP contribution in [0.15, 0.2) is 0 Å². The third kappa shape index (κ3) is 6.17. The number of hydrogen-bond acceptors (Lipinski definition) is 6. The number of ether oxygens (including phenoxy) is 2. The van der Waals surface area contributed by atoms with E-state index in [0.717, 1.165) is 18.8 Å². The molecule has 8 heteroatoms. The highest BCUT2D eigenvalue weighted by Gasteiger charge is 2.28. The van der Waals surface area contributed by atoms with Crippen molar-refractivity contribution < 1.29 is 23.9 Å². The molecule has 174 valence electrons. The molecule has 0 aliphatic carbocycles. The molecular weight excluding hydrogens is 398 g/mol. The lowest BCUT2D eigenvalue weighted by Gasteiger charge is -2.30. The molecule has 1 aliphatic heterocycles. The number of morpholine rings is 1. The Balaban J connectivity index is 2.24. The van der Waals surface area contributed by atoms with Crippen LogP contribution in [0.2, 0.25) is 0 Å². The van der Waals surface area contributed by atoms with E-state index < -0.39 is 5.97 Å². The van der Waals surface area contributed by atoms with Crippen molar-refractivity contribution in [1.82, 2.24) is 14.4 Å². The number of nitrogens with zero attached hydrogens (tertiary/aromatic N) is 3.